The molecule has 1 atom stereocenters. The lowest BCUT2D eigenvalue weighted by molar-refractivity contribution is 0.589. The summed E-state index contributed by atoms with van der Waals surface area (Å²) < 4.78 is 0. The van der Waals surface area contributed by atoms with Crippen LogP contribution in [0.25, 0.3) is 5.70 Å². The van der Waals surface area contributed by atoms with Crippen LogP contribution in [0.2, 0.25) is 0 Å². The molecule has 0 amide bonds. The van der Waals surface area contributed by atoms with Gasteiger partial charge in [0.1, 0.15) is 0 Å². The molecule has 4 heteroatoms. The first-order valence-electron chi connectivity index (χ1n) is 10.4. The van der Waals surface area contributed by atoms with Crippen LogP contribution >= 0.6 is 0 Å². The van der Waals surface area contributed by atoms with Crippen molar-refractivity contribution in [3.63, 3.8) is 0 Å². The molecule has 0 saturated heterocycles. The predicted molar refractivity (Wildman–Crippen MR) is 121 cm³/mol. The molecule has 0 radical (unpaired) electrons. The van der Waals surface area contributed by atoms with Crippen LogP contribution < -0.4 is 15.5 Å². The number of rotatable bonds is 7. The monoisotopic (exact) mass is 386 g/mol. The highest BCUT2D eigenvalue weighted by Crippen LogP contribution is 2.30. The van der Waals surface area contributed by atoms with E-state index in [9.17, 15) is 0 Å². The molecule has 0 fully saturated rings. The summed E-state index contributed by atoms with van der Waals surface area (Å²) in [5.74, 6) is 0. The minimum absolute atomic E-state index is 0.231. The maximum Gasteiger partial charge on any atom is 0.0634 e. The largest absolute Gasteiger partial charge is 0.377 e. The molecule has 0 spiro atoms. The van der Waals surface area contributed by atoms with E-state index in [4.69, 9.17) is 0 Å². The van der Waals surface area contributed by atoms with Crippen LogP contribution in [0.4, 0.5) is 5.69 Å². The minimum Gasteiger partial charge on any atom is -0.377 e. The number of aromatic nitrogens is 1. The lowest BCUT2D eigenvalue weighted by atomic mass is 10.0. The maximum atomic E-state index is 3.71. The van der Waals surface area contributed by atoms with Gasteiger partial charge in [-0.3, -0.25) is 0 Å². The van der Waals surface area contributed by atoms with Gasteiger partial charge in [-0.25, -0.2) is 0 Å². The normalized spacial score (nSPS) is 14.5. The van der Waals surface area contributed by atoms with Crippen LogP contribution in [0.1, 0.15) is 49.2 Å². The molecule has 0 saturated carbocycles. The van der Waals surface area contributed by atoms with Gasteiger partial charge in [0.2, 0.25) is 0 Å². The van der Waals surface area contributed by atoms with Gasteiger partial charge in [-0.05, 0) is 36.2 Å². The van der Waals surface area contributed by atoms with Crippen molar-refractivity contribution in [2.75, 3.05) is 4.90 Å². The fourth-order valence-corrected chi connectivity index (χ4v) is 3.69. The third-order valence-corrected chi connectivity index (χ3v) is 5.39. The van der Waals surface area contributed by atoms with Crippen molar-refractivity contribution in [3.8, 4) is 0 Å². The summed E-state index contributed by atoms with van der Waals surface area (Å²) in [5, 5.41) is 7.18. The molecule has 1 aliphatic rings. The molecule has 2 aromatic carbocycles. The standard InChI is InChI=1S/C25H30N4/c1-18(2)27-15-20-9-11-22(12-10-20)29-16-24-23(13-14-26-24)25(17-29)28-19(3)21-7-5-4-6-8-21/h4-14,17-19,26-28H,15-16H2,1-3H3/t19-/m1/s1. The lowest BCUT2D eigenvalue weighted by Gasteiger charge is -2.29. The predicted octanol–water partition coefficient (Wildman–Crippen LogP) is 5.18. The quantitative estimate of drug-likeness (QED) is 0.524. The molecule has 4 rings (SSSR count). The number of anilines is 1. The minimum atomic E-state index is 0.231. The SMILES string of the molecule is CC(C)NCc1ccc(N2C=C(N[C@H](C)c3ccccc3)c3cc[nH]c3C2)cc1. The Kier molecular flexibility index (Phi) is 5.72. The molecule has 150 valence electrons. The topological polar surface area (TPSA) is 43.1 Å². The Hall–Kier alpha value is -2.98. The van der Waals surface area contributed by atoms with Gasteiger partial charge in [0.15, 0.2) is 0 Å². The van der Waals surface area contributed by atoms with E-state index in [0.29, 0.717) is 6.04 Å². The Morgan fingerprint density at radius 2 is 1.72 bits per heavy atom. The first-order chi connectivity index (χ1) is 14.1. The maximum absolute atomic E-state index is 3.71. The van der Waals surface area contributed by atoms with Gasteiger partial charge in [0.05, 0.1) is 12.2 Å². The highest BCUT2D eigenvalue weighted by Gasteiger charge is 2.20. The van der Waals surface area contributed by atoms with E-state index >= 15 is 0 Å². The van der Waals surface area contributed by atoms with Gasteiger partial charge in [-0.15, -0.1) is 0 Å². The molecule has 1 aliphatic heterocycles. The van der Waals surface area contributed by atoms with E-state index in [1.54, 1.807) is 0 Å². The summed E-state index contributed by atoms with van der Waals surface area (Å²) in [6.45, 7) is 8.29. The van der Waals surface area contributed by atoms with Crippen LogP contribution in [-0.2, 0) is 13.1 Å². The summed E-state index contributed by atoms with van der Waals surface area (Å²) in [5.41, 5.74) is 7.42. The summed E-state index contributed by atoms with van der Waals surface area (Å²) in [7, 11) is 0. The molecule has 0 unspecified atom stereocenters. The number of aromatic amines is 1. The van der Waals surface area contributed by atoms with Crippen molar-refractivity contribution in [3.05, 3.63) is 95.4 Å². The molecule has 0 bridgehead atoms. The second-order valence-corrected chi connectivity index (χ2v) is 8.02. The molecule has 2 heterocycles. The number of nitrogens with one attached hydrogen (secondary N) is 3. The zero-order valence-electron chi connectivity index (χ0n) is 17.4. The second kappa shape index (κ2) is 8.58. The molecule has 3 N–H and O–H groups in total. The molecule has 1 aromatic heterocycles. The van der Waals surface area contributed by atoms with Crippen molar-refractivity contribution in [2.45, 2.75) is 45.9 Å². The summed E-state index contributed by atoms with van der Waals surface area (Å²) in [6, 6.07) is 22.3. The smallest absolute Gasteiger partial charge is 0.0634 e. The number of hydrogen-bond acceptors (Lipinski definition) is 3. The van der Waals surface area contributed by atoms with E-state index in [0.717, 1.165) is 18.8 Å². The van der Waals surface area contributed by atoms with E-state index in [1.165, 1.54) is 28.1 Å². The molecule has 4 nitrogen and oxygen atoms in total. The second-order valence-electron chi connectivity index (χ2n) is 8.02. The van der Waals surface area contributed by atoms with Crippen molar-refractivity contribution in [1.29, 1.82) is 0 Å². The number of nitrogens with zero attached hydrogens (tertiary/aromatic N) is 1. The molecular formula is C25H30N4. The van der Waals surface area contributed by atoms with E-state index in [1.807, 2.05) is 6.20 Å². The van der Waals surface area contributed by atoms with Gasteiger partial charge in [-0.2, -0.15) is 0 Å². The van der Waals surface area contributed by atoms with E-state index in [2.05, 4.69) is 108 Å². The van der Waals surface area contributed by atoms with E-state index in [-0.39, 0.29) is 6.04 Å². The Balaban J connectivity index is 1.54. The lowest BCUT2D eigenvalue weighted by Crippen LogP contribution is -2.27. The Bertz CT molecular complexity index is 954. The summed E-state index contributed by atoms with van der Waals surface area (Å²) >= 11 is 0. The zero-order chi connectivity index (χ0) is 20.2. The first-order valence-corrected chi connectivity index (χ1v) is 10.4. The Morgan fingerprint density at radius 1 is 0.966 bits per heavy atom. The average molecular weight is 387 g/mol. The average Bonchev–Trinajstić information content (AvgIpc) is 3.22. The molecular weight excluding hydrogens is 356 g/mol. The van der Waals surface area contributed by atoms with Gasteiger partial charge in [0, 0.05) is 48.0 Å². The van der Waals surface area contributed by atoms with Crippen molar-refractivity contribution < 1.29 is 0 Å². The van der Waals surface area contributed by atoms with Gasteiger partial charge >= 0.3 is 0 Å². The zero-order valence-corrected chi connectivity index (χ0v) is 17.4. The fourth-order valence-electron chi connectivity index (χ4n) is 3.69. The number of hydrogen-bond donors (Lipinski definition) is 3. The number of H-pyrrole nitrogens is 1. The third kappa shape index (κ3) is 4.54. The van der Waals surface area contributed by atoms with Gasteiger partial charge in [-0.1, -0.05) is 56.3 Å². The van der Waals surface area contributed by atoms with Gasteiger partial charge < -0.3 is 20.5 Å². The highest BCUT2D eigenvalue weighted by molar-refractivity contribution is 5.73. The van der Waals surface area contributed by atoms with Crippen molar-refractivity contribution >= 4 is 11.4 Å². The van der Waals surface area contributed by atoms with Crippen LogP contribution in [0.3, 0.4) is 0 Å². The summed E-state index contributed by atoms with van der Waals surface area (Å²) in [6.07, 6.45) is 4.26. The van der Waals surface area contributed by atoms with E-state index < -0.39 is 0 Å². The molecule has 3 aromatic rings. The Morgan fingerprint density at radius 3 is 2.45 bits per heavy atom. The molecule has 0 aliphatic carbocycles. The number of fused-ring (bicyclic) bond motifs is 1. The highest BCUT2D eigenvalue weighted by atomic mass is 15.1. The van der Waals surface area contributed by atoms with Crippen molar-refractivity contribution in [2.24, 2.45) is 0 Å². The van der Waals surface area contributed by atoms with Crippen LogP contribution in [0.15, 0.2) is 73.1 Å². The molecule has 29 heavy (non-hydrogen) atoms. The van der Waals surface area contributed by atoms with Crippen LogP contribution in [0, 0.1) is 0 Å². The fraction of sp³-hybridized carbons (Fsp3) is 0.280. The first kappa shape index (κ1) is 19.3. The van der Waals surface area contributed by atoms with Crippen LogP contribution in [0.5, 0.6) is 0 Å². The van der Waals surface area contributed by atoms with Gasteiger partial charge in [0.25, 0.3) is 0 Å². The number of benzene rings is 2. The summed E-state index contributed by atoms with van der Waals surface area (Å²) in [4.78, 5) is 5.72. The van der Waals surface area contributed by atoms with Crippen molar-refractivity contribution in [1.82, 2.24) is 15.6 Å². The Labute approximate surface area is 173 Å². The van der Waals surface area contributed by atoms with Crippen LogP contribution in [-0.4, -0.2) is 11.0 Å². The third-order valence-electron chi connectivity index (χ3n) is 5.39.